The molecule has 0 aliphatic rings. The van der Waals surface area contributed by atoms with Gasteiger partial charge in [0.05, 0.1) is 5.69 Å². The number of carboxylic acids is 1. The zero-order valence-corrected chi connectivity index (χ0v) is 10.2. The number of nitrogens with two attached hydrogens (primary N) is 1. The maximum atomic E-state index is 10.8. The van der Waals surface area contributed by atoms with Crippen LogP contribution in [0.5, 0.6) is 5.75 Å². The van der Waals surface area contributed by atoms with Gasteiger partial charge < -0.3 is 15.6 Å². The number of hydrogen-bond donors (Lipinski definition) is 2. The fourth-order valence-electron chi connectivity index (χ4n) is 1.58. The average molecular weight is 258 g/mol. The van der Waals surface area contributed by atoms with Crippen LogP contribution in [0.3, 0.4) is 0 Å². The number of pyridine rings is 1. The molecule has 0 amide bonds. The van der Waals surface area contributed by atoms with Crippen molar-refractivity contribution < 1.29 is 14.6 Å². The van der Waals surface area contributed by atoms with Crippen LogP contribution < -0.4 is 10.5 Å². The summed E-state index contributed by atoms with van der Waals surface area (Å²) >= 11 is 0. The lowest BCUT2D eigenvalue weighted by atomic mass is 10.1. The molecule has 0 spiro atoms. The number of hydrogen-bond acceptors (Lipinski definition) is 4. The Balaban J connectivity index is 2.05. The van der Waals surface area contributed by atoms with E-state index < -0.39 is 12.0 Å². The highest BCUT2D eigenvalue weighted by molar-refractivity contribution is 5.75. The lowest BCUT2D eigenvalue weighted by molar-refractivity contribution is -0.138. The zero-order valence-electron chi connectivity index (χ0n) is 10.2. The van der Waals surface area contributed by atoms with Crippen molar-refractivity contribution in [3.8, 4) is 5.75 Å². The second-order valence-electron chi connectivity index (χ2n) is 4.00. The largest absolute Gasteiger partial charge is 0.487 e. The van der Waals surface area contributed by atoms with Crippen molar-refractivity contribution in [3.63, 3.8) is 0 Å². The summed E-state index contributed by atoms with van der Waals surface area (Å²) in [6, 6.07) is 11.3. The van der Waals surface area contributed by atoms with Gasteiger partial charge in [-0.1, -0.05) is 18.2 Å². The third kappa shape index (κ3) is 3.53. The van der Waals surface area contributed by atoms with Gasteiger partial charge in [0.1, 0.15) is 18.4 Å². The van der Waals surface area contributed by atoms with Crippen molar-refractivity contribution in [2.45, 2.75) is 12.6 Å². The summed E-state index contributed by atoms with van der Waals surface area (Å²) in [5.41, 5.74) is 6.85. The van der Waals surface area contributed by atoms with Gasteiger partial charge in [0.2, 0.25) is 0 Å². The summed E-state index contributed by atoms with van der Waals surface area (Å²) < 4.78 is 5.55. The molecule has 0 radical (unpaired) electrons. The molecule has 0 unspecified atom stereocenters. The molecule has 1 heterocycles. The first kappa shape index (κ1) is 13.0. The summed E-state index contributed by atoms with van der Waals surface area (Å²) in [6.45, 7) is 0.326. The first-order valence-corrected chi connectivity index (χ1v) is 5.78. The Hall–Kier alpha value is -2.40. The van der Waals surface area contributed by atoms with Crippen LogP contribution in [-0.2, 0) is 11.4 Å². The Bertz CT molecular complexity index is 558. The molecular formula is C14H14N2O3. The average Bonchev–Trinajstić information content (AvgIpc) is 2.45. The van der Waals surface area contributed by atoms with Crippen LogP contribution in [0.15, 0.2) is 48.7 Å². The standard InChI is InChI=1S/C14H14N2O3/c15-13(14(17)18)10-4-3-6-12(8-10)19-9-11-5-1-2-7-16-11/h1-8,13H,9,15H2,(H,17,18)/t13-/m0/s1. The second-order valence-corrected chi connectivity index (χ2v) is 4.00. The SMILES string of the molecule is N[C@H](C(=O)O)c1cccc(OCc2ccccn2)c1. The van der Waals surface area contributed by atoms with Gasteiger partial charge in [-0.25, -0.2) is 0 Å². The number of benzene rings is 1. The van der Waals surface area contributed by atoms with Crippen molar-refractivity contribution in [1.29, 1.82) is 0 Å². The van der Waals surface area contributed by atoms with Crippen molar-refractivity contribution in [2.75, 3.05) is 0 Å². The van der Waals surface area contributed by atoms with E-state index in [1.54, 1.807) is 30.5 Å². The van der Waals surface area contributed by atoms with Gasteiger partial charge >= 0.3 is 5.97 Å². The topological polar surface area (TPSA) is 85.4 Å². The molecule has 19 heavy (non-hydrogen) atoms. The summed E-state index contributed by atoms with van der Waals surface area (Å²) in [7, 11) is 0. The minimum absolute atomic E-state index is 0.326. The first-order valence-electron chi connectivity index (χ1n) is 5.78. The fourth-order valence-corrected chi connectivity index (χ4v) is 1.58. The van der Waals surface area contributed by atoms with E-state index in [9.17, 15) is 4.79 Å². The van der Waals surface area contributed by atoms with Gasteiger partial charge in [0, 0.05) is 6.20 Å². The van der Waals surface area contributed by atoms with E-state index in [2.05, 4.69) is 4.98 Å². The predicted molar refractivity (Wildman–Crippen MR) is 69.6 cm³/mol. The van der Waals surface area contributed by atoms with E-state index in [0.717, 1.165) is 5.69 Å². The molecule has 0 aliphatic carbocycles. The Morgan fingerprint density at radius 3 is 2.84 bits per heavy atom. The first-order chi connectivity index (χ1) is 9.16. The maximum absolute atomic E-state index is 10.8. The second kappa shape index (κ2) is 5.97. The molecule has 5 nitrogen and oxygen atoms in total. The molecule has 1 aromatic heterocycles. The van der Waals surface area contributed by atoms with Crippen LogP contribution in [0.2, 0.25) is 0 Å². The van der Waals surface area contributed by atoms with E-state index in [-0.39, 0.29) is 0 Å². The van der Waals surface area contributed by atoms with E-state index in [1.165, 1.54) is 0 Å². The quantitative estimate of drug-likeness (QED) is 0.853. The summed E-state index contributed by atoms with van der Waals surface area (Å²) in [5.74, 6) is -0.498. The van der Waals surface area contributed by atoms with Crippen LogP contribution in [0.4, 0.5) is 0 Å². The minimum atomic E-state index is -1.07. The smallest absolute Gasteiger partial charge is 0.325 e. The Morgan fingerprint density at radius 2 is 2.16 bits per heavy atom. The van der Waals surface area contributed by atoms with Crippen molar-refractivity contribution in [3.05, 3.63) is 59.9 Å². The third-order valence-corrected chi connectivity index (χ3v) is 2.60. The molecule has 5 heteroatoms. The predicted octanol–water partition coefficient (Wildman–Crippen LogP) is 1.74. The number of rotatable bonds is 5. The lowest BCUT2D eigenvalue weighted by Gasteiger charge is -2.10. The van der Waals surface area contributed by atoms with Crippen molar-refractivity contribution in [2.24, 2.45) is 5.73 Å². The molecule has 0 aliphatic heterocycles. The summed E-state index contributed by atoms with van der Waals surface area (Å²) in [4.78, 5) is 15.0. The van der Waals surface area contributed by atoms with Crippen LogP contribution in [0.25, 0.3) is 0 Å². The number of aliphatic carboxylic acids is 1. The Labute approximate surface area is 110 Å². The van der Waals surface area contributed by atoms with Crippen LogP contribution >= 0.6 is 0 Å². The number of aromatic nitrogens is 1. The van der Waals surface area contributed by atoms with Gasteiger partial charge in [-0.2, -0.15) is 0 Å². The molecule has 2 rings (SSSR count). The lowest BCUT2D eigenvalue weighted by Crippen LogP contribution is -2.20. The van der Waals surface area contributed by atoms with E-state index in [4.69, 9.17) is 15.6 Å². The molecule has 98 valence electrons. The van der Waals surface area contributed by atoms with Crippen LogP contribution in [-0.4, -0.2) is 16.1 Å². The normalized spacial score (nSPS) is 11.8. The van der Waals surface area contributed by atoms with Crippen LogP contribution in [0, 0.1) is 0 Å². The van der Waals surface area contributed by atoms with Gasteiger partial charge in [0.15, 0.2) is 0 Å². The molecule has 0 saturated heterocycles. The van der Waals surface area contributed by atoms with Crippen LogP contribution in [0.1, 0.15) is 17.3 Å². The zero-order chi connectivity index (χ0) is 13.7. The third-order valence-electron chi connectivity index (χ3n) is 2.60. The molecule has 1 atom stereocenters. The van der Waals surface area contributed by atoms with Crippen molar-refractivity contribution in [1.82, 2.24) is 4.98 Å². The van der Waals surface area contributed by atoms with Gasteiger partial charge in [0.25, 0.3) is 0 Å². The minimum Gasteiger partial charge on any atom is -0.487 e. The molecule has 0 saturated carbocycles. The number of nitrogens with zero attached hydrogens (tertiary/aromatic N) is 1. The summed E-state index contributed by atoms with van der Waals surface area (Å²) in [6.07, 6.45) is 1.69. The maximum Gasteiger partial charge on any atom is 0.325 e. The van der Waals surface area contributed by atoms with Crippen molar-refractivity contribution >= 4 is 5.97 Å². The highest BCUT2D eigenvalue weighted by Crippen LogP contribution is 2.19. The highest BCUT2D eigenvalue weighted by atomic mass is 16.5. The number of ether oxygens (including phenoxy) is 1. The highest BCUT2D eigenvalue weighted by Gasteiger charge is 2.14. The van der Waals surface area contributed by atoms with Gasteiger partial charge in [-0.05, 0) is 29.8 Å². The summed E-state index contributed by atoms with van der Waals surface area (Å²) in [5, 5.41) is 8.86. The van der Waals surface area contributed by atoms with E-state index in [0.29, 0.717) is 17.9 Å². The molecule has 0 bridgehead atoms. The Kier molecular flexibility index (Phi) is 4.10. The van der Waals surface area contributed by atoms with E-state index >= 15 is 0 Å². The van der Waals surface area contributed by atoms with E-state index in [1.807, 2.05) is 18.2 Å². The number of carbonyl (C=O) groups is 1. The monoisotopic (exact) mass is 258 g/mol. The Morgan fingerprint density at radius 1 is 1.32 bits per heavy atom. The molecule has 1 aromatic carbocycles. The molecule has 3 N–H and O–H groups in total. The van der Waals surface area contributed by atoms with Gasteiger partial charge in [-0.3, -0.25) is 9.78 Å². The number of carboxylic acid groups (broad SMARTS) is 1. The molecule has 2 aromatic rings. The fraction of sp³-hybridized carbons (Fsp3) is 0.143. The molecule has 0 fully saturated rings. The molecular weight excluding hydrogens is 244 g/mol. The van der Waals surface area contributed by atoms with Gasteiger partial charge in [-0.15, -0.1) is 0 Å².